The number of rotatable bonds is 7. The highest BCUT2D eigenvalue weighted by molar-refractivity contribution is 7.99. The molecule has 0 bridgehead atoms. The summed E-state index contributed by atoms with van der Waals surface area (Å²) in [5, 5.41) is 4.07. The first-order chi connectivity index (χ1) is 10.7. The summed E-state index contributed by atoms with van der Waals surface area (Å²) >= 11 is 1.31. The number of thioether (sulfide) groups is 1. The molecule has 1 amide bonds. The van der Waals surface area contributed by atoms with Crippen LogP contribution in [0.3, 0.4) is 0 Å². The molecule has 1 heterocycles. The van der Waals surface area contributed by atoms with Crippen molar-refractivity contribution in [2.75, 3.05) is 12.3 Å². The molecule has 0 aliphatic carbocycles. The van der Waals surface area contributed by atoms with Gasteiger partial charge in [0.25, 0.3) is 5.56 Å². The summed E-state index contributed by atoms with van der Waals surface area (Å²) in [5.41, 5.74) is 0.619. The molecule has 1 N–H and O–H groups in total. The van der Waals surface area contributed by atoms with Crippen molar-refractivity contribution < 1.29 is 4.79 Å². The Hall–Kier alpha value is -1.82. The lowest BCUT2D eigenvalue weighted by atomic mass is 10.2. The predicted octanol–water partition coefficient (Wildman–Crippen LogP) is 2.42. The molecule has 1 aromatic carbocycles. The normalized spacial score (nSPS) is 10.8. The third-order valence-corrected chi connectivity index (χ3v) is 4.30. The minimum atomic E-state index is -0.0537. The first-order valence-corrected chi connectivity index (χ1v) is 8.55. The summed E-state index contributed by atoms with van der Waals surface area (Å²) in [7, 11) is 0. The molecule has 0 saturated heterocycles. The van der Waals surface area contributed by atoms with Gasteiger partial charge in [-0.3, -0.25) is 14.2 Å². The molecule has 0 radical (unpaired) electrons. The Morgan fingerprint density at radius 2 is 2.09 bits per heavy atom. The van der Waals surface area contributed by atoms with Gasteiger partial charge in [0, 0.05) is 13.1 Å². The fourth-order valence-corrected chi connectivity index (χ4v) is 3.02. The molecule has 118 valence electrons. The Balaban J connectivity index is 2.17. The van der Waals surface area contributed by atoms with Crippen molar-refractivity contribution in [1.82, 2.24) is 14.9 Å². The lowest BCUT2D eigenvalue weighted by Crippen LogP contribution is -2.27. The zero-order chi connectivity index (χ0) is 15.9. The summed E-state index contributed by atoms with van der Waals surface area (Å²) in [5.74, 6) is 0.248. The van der Waals surface area contributed by atoms with Gasteiger partial charge in [-0.2, -0.15) is 0 Å². The van der Waals surface area contributed by atoms with E-state index in [0.29, 0.717) is 29.1 Å². The topological polar surface area (TPSA) is 64.0 Å². The predicted molar refractivity (Wildman–Crippen MR) is 90.3 cm³/mol. The van der Waals surface area contributed by atoms with Crippen molar-refractivity contribution in [1.29, 1.82) is 0 Å². The molecule has 0 fully saturated rings. The molecule has 6 heteroatoms. The summed E-state index contributed by atoms with van der Waals surface area (Å²) in [4.78, 5) is 28.8. The minimum absolute atomic E-state index is 0.0245. The van der Waals surface area contributed by atoms with Gasteiger partial charge < -0.3 is 5.32 Å². The van der Waals surface area contributed by atoms with Crippen LogP contribution in [0.15, 0.2) is 34.2 Å². The van der Waals surface area contributed by atoms with Crippen LogP contribution in [0.5, 0.6) is 0 Å². The lowest BCUT2D eigenvalue weighted by Gasteiger charge is -2.11. The Morgan fingerprint density at radius 3 is 2.82 bits per heavy atom. The number of aromatic nitrogens is 2. The van der Waals surface area contributed by atoms with Crippen LogP contribution < -0.4 is 10.9 Å². The highest BCUT2D eigenvalue weighted by atomic mass is 32.2. The van der Waals surface area contributed by atoms with E-state index in [1.54, 1.807) is 10.6 Å². The maximum Gasteiger partial charge on any atom is 0.262 e. The van der Waals surface area contributed by atoms with Crippen molar-refractivity contribution >= 4 is 28.6 Å². The summed E-state index contributed by atoms with van der Waals surface area (Å²) < 4.78 is 1.62. The molecular weight excluding hydrogens is 298 g/mol. The monoisotopic (exact) mass is 319 g/mol. The van der Waals surface area contributed by atoms with Crippen LogP contribution in [0.1, 0.15) is 26.7 Å². The van der Waals surface area contributed by atoms with E-state index in [9.17, 15) is 9.59 Å². The van der Waals surface area contributed by atoms with E-state index < -0.39 is 0 Å². The summed E-state index contributed by atoms with van der Waals surface area (Å²) in [6.07, 6.45) is 2.03. The molecule has 0 spiro atoms. The van der Waals surface area contributed by atoms with E-state index in [0.717, 1.165) is 12.8 Å². The molecule has 0 aliphatic rings. The maximum absolute atomic E-state index is 12.4. The van der Waals surface area contributed by atoms with Gasteiger partial charge in [0.1, 0.15) is 0 Å². The molecule has 1 aromatic heterocycles. The smallest absolute Gasteiger partial charge is 0.262 e. The SMILES string of the molecule is CCCCNC(=O)CSc1nc2ccccc2c(=O)n1CC. The molecule has 0 atom stereocenters. The molecule has 0 unspecified atom stereocenters. The van der Waals surface area contributed by atoms with Gasteiger partial charge in [0.2, 0.25) is 5.91 Å². The quantitative estimate of drug-likeness (QED) is 0.484. The van der Waals surface area contributed by atoms with Crippen LogP contribution in [-0.4, -0.2) is 27.8 Å². The maximum atomic E-state index is 12.4. The van der Waals surface area contributed by atoms with E-state index in [4.69, 9.17) is 0 Å². The standard InChI is InChI=1S/C16H21N3O2S/c1-3-5-10-17-14(20)11-22-16-18-13-9-7-6-8-12(13)15(21)19(16)4-2/h6-9H,3-5,10-11H2,1-2H3,(H,17,20). The van der Waals surface area contributed by atoms with Crippen LogP contribution in [0.4, 0.5) is 0 Å². The van der Waals surface area contributed by atoms with Gasteiger partial charge in [0.05, 0.1) is 16.7 Å². The highest BCUT2D eigenvalue weighted by Crippen LogP contribution is 2.17. The number of carbonyl (C=O) groups is 1. The van der Waals surface area contributed by atoms with Crippen LogP contribution in [-0.2, 0) is 11.3 Å². The molecule has 0 saturated carbocycles. The van der Waals surface area contributed by atoms with E-state index in [1.807, 2.05) is 25.1 Å². The van der Waals surface area contributed by atoms with Gasteiger partial charge in [-0.1, -0.05) is 37.2 Å². The van der Waals surface area contributed by atoms with Crippen molar-refractivity contribution in [3.63, 3.8) is 0 Å². The fourth-order valence-electron chi connectivity index (χ4n) is 2.12. The average molecular weight is 319 g/mol. The Morgan fingerprint density at radius 1 is 1.32 bits per heavy atom. The van der Waals surface area contributed by atoms with Crippen molar-refractivity contribution in [2.45, 2.75) is 38.4 Å². The van der Waals surface area contributed by atoms with Crippen molar-refractivity contribution in [3.05, 3.63) is 34.6 Å². The van der Waals surface area contributed by atoms with Gasteiger partial charge in [-0.25, -0.2) is 4.98 Å². The van der Waals surface area contributed by atoms with Crippen molar-refractivity contribution in [3.8, 4) is 0 Å². The average Bonchev–Trinajstić information content (AvgIpc) is 2.53. The van der Waals surface area contributed by atoms with Gasteiger partial charge >= 0.3 is 0 Å². The van der Waals surface area contributed by atoms with Crippen LogP contribution in [0, 0.1) is 0 Å². The number of hydrogen-bond acceptors (Lipinski definition) is 4. The minimum Gasteiger partial charge on any atom is -0.355 e. The fraction of sp³-hybridized carbons (Fsp3) is 0.438. The summed E-state index contributed by atoms with van der Waals surface area (Å²) in [6.45, 7) is 5.22. The number of nitrogens with zero attached hydrogens (tertiary/aromatic N) is 2. The molecule has 22 heavy (non-hydrogen) atoms. The van der Waals surface area contributed by atoms with E-state index in [1.165, 1.54) is 11.8 Å². The number of unbranched alkanes of at least 4 members (excludes halogenated alkanes) is 1. The largest absolute Gasteiger partial charge is 0.355 e. The first kappa shape index (κ1) is 16.5. The lowest BCUT2D eigenvalue weighted by molar-refractivity contribution is -0.118. The Labute approximate surface area is 134 Å². The van der Waals surface area contributed by atoms with E-state index in [2.05, 4.69) is 17.2 Å². The molecular formula is C16H21N3O2S. The molecule has 2 aromatic rings. The number of carbonyl (C=O) groups excluding carboxylic acids is 1. The van der Waals surface area contributed by atoms with Gasteiger partial charge in [-0.05, 0) is 25.5 Å². The Bertz CT molecular complexity index is 712. The number of fused-ring (bicyclic) bond motifs is 1. The number of amides is 1. The second-order valence-corrected chi connectivity index (χ2v) is 5.90. The van der Waals surface area contributed by atoms with Crippen molar-refractivity contribution in [2.24, 2.45) is 0 Å². The summed E-state index contributed by atoms with van der Waals surface area (Å²) in [6, 6.07) is 7.29. The number of para-hydroxylation sites is 1. The van der Waals surface area contributed by atoms with Crippen LogP contribution in [0.25, 0.3) is 10.9 Å². The van der Waals surface area contributed by atoms with E-state index in [-0.39, 0.29) is 17.2 Å². The second kappa shape index (κ2) is 7.98. The van der Waals surface area contributed by atoms with E-state index >= 15 is 0 Å². The highest BCUT2D eigenvalue weighted by Gasteiger charge is 2.11. The number of benzene rings is 1. The van der Waals surface area contributed by atoms with Gasteiger partial charge in [-0.15, -0.1) is 0 Å². The van der Waals surface area contributed by atoms with Crippen LogP contribution in [0.2, 0.25) is 0 Å². The van der Waals surface area contributed by atoms with Crippen LogP contribution >= 0.6 is 11.8 Å². The first-order valence-electron chi connectivity index (χ1n) is 7.56. The third-order valence-electron chi connectivity index (χ3n) is 3.33. The van der Waals surface area contributed by atoms with Gasteiger partial charge in [0.15, 0.2) is 5.16 Å². The molecule has 5 nitrogen and oxygen atoms in total. The zero-order valence-corrected chi connectivity index (χ0v) is 13.8. The zero-order valence-electron chi connectivity index (χ0n) is 13.0. The number of nitrogens with one attached hydrogen (secondary N) is 1. The number of hydrogen-bond donors (Lipinski definition) is 1. The molecule has 2 rings (SSSR count). The Kier molecular flexibility index (Phi) is 6.00. The second-order valence-electron chi connectivity index (χ2n) is 4.95. The molecule has 0 aliphatic heterocycles. The third kappa shape index (κ3) is 3.88.